The Labute approximate surface area is 253 Å². The zero-order chi connectivity index (χ0) is 32.2. The van der Waals surface area contributed by atoms with Crippen LogP contribution in [0.5, 0.6) is 0 Å². The van der Waals surface area contributed by atoms with Crippen molar-refractivity contribution in [2.45, 2.75) is 64.2 Å². The van der Waals surface area contributed by atoms with Crippen LogP contribution in [0.25, 0.3) is 11.1 Å². The first kappa shape index (κ1) is 33.1. The number of alkyl halides is 6. The second-order valence-corrected chi connectivity index (χ2v) is 11.5. The fourth-order valence-electron chi connectivity index (χ4n) is 5.87. The number of ether oxygens (including phenoxy) is 1. The zero-order valence-corrected chi connectivity index (χ0v) is 24.8. The van der Waals surface area contributed by atoms with Gasteiger partial charge in [-0.05, 0) is 84.7 Å². The van der Waals surface area contributed by atoms with E-state index in [1.54, 1.807) is 37.3 Å². The molecule has 1 amide bonds. The normalized spacial score (nSPS) is 16.6. The summed E-state index contributed by atoms with van der Waals surface area (Å²) in [4.78, 5) is 27.9. The average molecular weight is 620 g/mol. The molecule has 0 aromatic heterocycles. The van der Waals surface area contributed by atoms with Crippen LogP contribution < -0.4 is 0 Å². The lowest BCUT2D eigenvalue weighted by Gasteiger charge is -2.35. The van der Waals surface area contributed by atoms with Crippen molar-refractivity contribution in [2.24, 2.45) is 5.92 Å². The highest BCUT2D eigenvalue weighted by Gasteiger charge is 2.43. The van der Waals surface area contributed by atoms with E-state index in [-0.39, 0.29) is 48.7 Å². The number of rotatable bonds is 8. The third-order valence-corrected chi connectivity index (χ3v) is 7.85. The van der Waals surface area contributed by atoms with Gasteiger partial charge < -0.3 is 9.64 Å². The number of halogens is 6. The van der Waals surface area contributed by atoms with Crippen LogP contribution in [-0.2, 0) is 21.9 Å². The van der Waals surface area contributed by atoms with Crippen LogP contribution in [-0.4, -0.2) is 36.5 Å². The zero-order valence-electron chi connectivity index (χ0n) is 24.8. The third kappa shape index (κ3) is 7.63. The minimum absolute atomic E-state index is 0.0168. The van der Waals surface area contributed by atoms with Crippen molar-refractivity contribution in [3.63, 3.8) is 0 Å². The van der Waals surface area contributed by atoms with Gasteiger partial charge >= 0.3 is 18.3 Å². The van der Waals surface area contributed by atoms with Crippen molar-refractivity contribution in [1.29, 1.82) is 0 Å². The summed E-state index contributed by atoms with van der Waals surface area (Å²) in [5, 5.41) is 0. The number of esters is 1. The SMILES string of the molecule is CCOC(=O)C(CC(C)C)c1cc(-c2ccccc2)cc(C2CCCN(C(=O)c3ccc(C(F)(F)F)cc3)C2)c1C(F)(F)F. The van der Waals surface area contributed by atoms with E-state index in [0.29, 0.717) is 24.0 Å². The first-order valence-corrected chi connectivity index (χ1v) is 14.6. The minimum Gasteiger partial charge on any atom is -0.466 e. The second-order valence-electron chi connectivity index (χ2n) is 11.5. The highest BCUT2D eigenvalue weighted by atomic mass is 19.4. The Morgan fingerprint density at radius 2 is 1.57 bits per heavy atom. The van der Waals surface area contributed by atoms with E-state index < -0.39 is 47.2 Å². The van der Waals surface area contributed by atoms with Gasteiger partial charge in [0, 0.05) is 24.6 Å². The molecular formula is C34H35F6NO3. The number of hydrogen-bond acceptors (Lipinski definition) is 3. The van der Waals surface area contributed by atoms with Crippen LogP contribution >= 0.6 is 0 Å². The van der Waals surface area contributed by atoms with Gasteiger partial charge in [0.05, 0.1) is 23.7 Å². The highest BCUT2D eigenvalue weighted by Crippen LogP contribution is 2.46. The molecule has 0 bridgehead atoms. The van der Waals surface area contributed by atoms with Crippen LogP contribution in [0, 0.1) is 5.92 Å². The average Bonchev–Trinajstić information content (AvgIpc) is 2.98. The molecule has 0 radical (unpaired) electrons. The Kier molecular flexibility index (Phi) is 10.1. The summed E-state index contributed by atoms with van der Waals surface area (Å²) in [5.41, 5.74) is -0.776. The van der Waals surface area contributed by atoms with E-state index in [1.165, 1.54) is 17.0 Å². The number of likely N-dealkylation sites (tertiary alicyclic amines) is 1. The Balaban J connectivity index is 1.83. The Bertz CT molecular complexity index is 1450. The van der Waals surface area contributed by atoms with Crippen LogP contribution in [0.1, 0.15) is 84.5 Å². The van der Waals surface area contributed by atoms with Gasteiger partial charge in [-0.3, -0.25) is 9.59 Å². The molecule has 1 heterocycles. The van der Waals surface area contributed by atoms with Crippen molar-refractivity contribution in [3.8, 4) is 11.1 Å². The molecule has 2 atom stereocenters. The molecule has 1 fully saturated rings. The van der Waals surface area contributed by atoms with Crippen molar-refractivity contribution < 1.29 is 40.7 Å². The molecule has 4 rings (SSSR count). The Morgan fingerprint density at radius 3 is 2.14 bits per heavy atom. The second kappa shape index (κ2) is 13.4. The molecule has 4 nitrogen and oxygen atoms in total. The van der Waals surface area contributed by atoms with Gasteiger partial charge in [-0.1, -0.05) is 50.2 Å². The molecule has 0 spiro atoms. The fourth-order valence-corrected chi connectivity index (χ4v) is 5.87. The van der Waals surface area contributed by atoms with E-state index in [0.717, 1.165) is 24.3 Å². The quantitative estimate of drug-likeness (QED) is 0.187. The van der Waals surface area contributed by atoms with Crippen molar-refractivity contribution >= 4 is 11.9 Å². The lowest BCUT2D eigenvalue weighted by molar-refractivity contribution is -0.146. The van der Waals surface area contributed by atoms with Crippen LogP contribution in [0.15, 0.2) is 66.7 Å². The molecule has 0 aliphatic carbocycles. The molecule has 44 heavy (non-hydrogen) atoms. The van der Waals surface area contributed by atoms with Gasteiger partial charge in [-0.15, -0.1) is 0 Å². The third-order valence-electron chi connectivity index (χ3n) is 7.85. The van der Waals surface area contributed by atoms with E-state index >= 15 is 13.2 Å². The number of hydrogen-bond donors (Lipinski definition) is 0. The summed E-state index contributed by atoms with van der Waals surface area (Å²) in [6, 6.07) is 15.6. The largest absolute Gasteiger partial charge is 0.466 e. The van der Waals surface area contributed by atoms with E-state index in [1.807, 2.05) is 13.8 Å². The number of piperidine rings is 1. The van der Waals surface area contributed by atoms with Gasteiger partial charge in [-0.2, -0.15) is 26.3 Å². The van der Waals surface area contributed by atoms with Gasteiger partial charge in [0.1, 0.15) is 0 Å². The van der Waals surface area contributed by atoms with Crippen LogP contribution in [0.3, 0.4) is 0 Å². The smallest absolute Gasteiger partial charge is 0.416 e. The molecule has 1 saturated heterocycles. The Morgan fingerprint density at radius 1 is 0.909 bits per heavy atom. The fraction of sp³-hybridized carbons (Fsp3) is 0.412. The van der Waals surface area contributed by atoms with E-state index in [9.17, 15) is 22.8 Å². The molecule has 1 aliphatic heterocycles. The molecule has 10 heteroatoms. The van der Waals surface area contributed by atoms with Gasteiger partial charge in [0.25, 0.3) is 5.91 Å². The number of carbonyl (C=O) groups excluding carboxylic acids is 2. The maximum absolute atomic E-state index is 15.1. The Hall–Kier alpha value is -3.82. The van der Waals surface area contributed by atoms with Crippen molar-refractivity contribution in [1.82, 2.24) is 4.90 Å². The van der Waals surface area contributed by atoms with Gasteiger partial charge in [0.15, 0.2) is 0 Å². The molecule has 3 aromatic carbocycles. The molecule has 0 N–H and O–H groups in total. The number of benzene rings is 3. The first-order chi connectivity index (χ1) is 20.7. The van der Waals surface area contributed by atoms with Crippen LogP contribution in [0.2, 0.25) is 0 Å². The molecule has 3 aromatic rings. The molecular weight excluding hydrogens is 584 g/mol. The molecule has 1 aliphatic rings. The first-order valence-electron chi connectivity index (χ1n) is 14.6. The van der Waals surface area contributed by atoms with Gasteiger partial charge in [0.2, 0.25) is 0 Å². The molecule has 236 valence electrons. The maximum Gasteiger partial charge on any atom is 0.416 e. The van der Waals surface area contributed by atoms with Crippen molar-refractivity contribution in [3.05, 3.63) is 94.5 Å². The minimum atomic E-state index is -4.82. The van der Waals surface area contributed by atoms with Crippen molar-refractivity contribution in [2.75, 3.05) is 19.7 Å². The lowest BCUT2D eigenvalue weighted by Crippen LogP contribution is -2.39. The number of carbonyl (C=O) groups is 2. The summed E-state index contributed by atoms with van der Waals surface area (Å²) < 4.78 is 89.6. The monoisotopic (exact) mass is 619 g/mol. The molecule has 0 saturated carbocycles. The summed E-state index contributed by atoms with van der Waals surface area (Å²) >= 11 is 0. The summed E-state index contributed by atoms with van der Waals surface area (Å²) in [7, 11) is 0. The summed E-state index contributed by atoms with van der Waals surface area (Å²) in [6.45, 7) is 5.46. The predicted molar refractivity (Wildman–Crippen MR) is 155 cm³/mol. The number of amides is 1. The molecule has 2 unspecified atom stereocenters. The predicted octanol–water partition coefficient (Wildman–Crippen LogP) is 9.10. The standard InChI is InChI=1S/C34H35F6NO3/c1-4-44-32(43)29(17-21(2)3)28-19-25(22-9-6-5-7-10-22)18-27(30(28)34(38,39)40)24-11-8-16-41(20-24)31(42)23-12-14-26(15-13-23)33(35,36)37/h5-7,9-10,12-15,18-19,21,24,29H,4,8,11,16-17,20H2,1-3H3. The summed E-state index contributed by atoms with van der Waals surface area (Å²) in [6.07, 6.45) is -8.49. The van der Waals surface area contributed by atoms with Crippen LogP contribution in [0.4, 0.5) is 26.3 Å². The number of nitrogens with zero attached hydrogens (tertiary/aromatic N) is 1. The summed E-state index contributed by atoms with van der Waals surface area (Å²) in [5.74, 6) is -3.29. The topological polar surface area (TPSA) is 46.6 Å². The van der Waals surface area contributed by atoms with Gasteiger partial charge in [-0.25, -0.2) is 0 Å². The van der Waals surface area contributed by atoms with E-state index in [2.05, 4.69) is 0 Å². The highest BCUT2D eigenvalue weighted by molar-refractivity contribution is 5.94. The lowest BCUT2D eigenvalue weighted by atomic mass is 9.78. The van der Waals surface area contributed by atoms with E-state index in [4.69, 9.17) is 4.74 Å². The maximum atomic E-state index is 15.1.